The molecule has 0 saturated heterocycles. The fourth-order valence-electron chi connectivity index (χ4n) is 1.38. The van der Waals surface area contributed by atoms with Crippen LogP contribution in [0.3, 0.4) is 0 Å². The first-order chi connectivity index (χ1) is 9.47. The van der Waals surface area contributed by atoms with Crippen molar-refractivity contribution in [3.8, 4) is 0 Å². The van der Waals surface area contributed by atoms with Gasteiger partial charge in [-0.1, -0.05) is 6.07 Å². The van der Waals surface area contributed by atoms with E-state index in [1.807, 2.05) is 0 Å². The first kappa shape index (κ1) is 17.0. The molecule has 4 N–H and O–H groups in total. The second kappa shape index (κ2) is 8.25. The van der Waals surface area contributed by atoms with Crippen molar-refractivity contribution in [3.63, 3.8) is 0 Å². The van der Waals surface area contributed by atoms with E-state index < -0.39 is 24.8 Å². The summed E-state index contributed by atoms with van der Waals surface area (Å²) in [5.41, 5.74) is 0.660. The average molecular weight is 287 g/mol. The Hall–Kier alpha value is -1.09. The molecule has 1 aromatic rings. The molecule has 0 fully saturated rings. The van der Waals surface area contributed by atoms with E-state index in [4.69, 9.17) is 19.7 Å². The topological polar surface area (TPSA) is 112 Å². The number of aliphatic hydroxyl groups is 4. The number of aliphatic hydroxyl groups excluding tert-OH is 4. The summed E-state index contributed by atoms with van der Waals surface area (Å²) >= 11 is 0. The zero-order chi connectivity index (χ0) is 15.1. The summed E-state index contributed by atoms with van der Waals surface area (Å²) in [6.07, 6.45) is -2.11. The van der Waals surface area contributed by atoms with Gasteiger partial charge in [0, 0.05) is 11.8 Å². The molecule has 1 aromatic heterocycles. The van der Waals surface area contributed by atoms with E-state index in [0.717, 1.165) is 0 Å². The summed E-state index contributed by atoms with van der Waals surface area (Å²) in [7, 11) is 0. The van der Waals surface area contributed by atoms with Crippen molar-refractivity contribution in [3.05, 3.63) is 29.6 Å². The third-order valence-corrected chi connectivity index (χ3v) is 2.58. The number of aromatic nitrogens is 1. The third-order valence-electron chi connectivity index (χ3n) is 2.58. The van der Waals surface area contributed by atoms with Crippen LogP contribution in [-0.4, -0.2) is 50.8 Å². The van der Waals surface area contributed by atoms with Crippen molar-refractivity contribution < 1.29 is 29.9 Å². The lowest BCUT2D eigenvalue weighted by Gasteiger charge is -2.18. The van der Waals surface area contributed by atoms with Gasteiger partial charge in [-0.25, -0.2) is 0 Å². The molecule has 1 heterocycles. The molecular weight excluding hydrogens is 266 g/mol. The molecular formula is C13H21NO6. The molecule has 7 heteroatoms. The van der Waals surface area contributed by atoms with Crippen LogP contribution in [0.2, 0.25) is 0 Å². The van der Waals surface area contributed by atoms with Crippen LogP contribution in [0.5, 0.6) is 0 Å². The van der Waals surface area contributed by atoms with Gasteiger partial charge in [-0.05, 0) is 19.9 Å². The van der Waals surface area contributed by atoms with Crippen molar-refractivity contribution >= 4 is 0 Å². The normalized spacial score (nSPS) is 17.5. The summed E-state index contributed by atoms with van der Waals surface area (Å²) in [4.78, 5) is 3.96. The van der Waals surface area contributed by atoms with Crippen molar-refractivity contribution in [2.24, 2.45) is 0 Å². The molecule has 0 radical (unpaired) electrons. The molecule has 0 amide bonds. The number of hydrogen-bond acceptors (Lipinski definition) is 7. The Morgan fingerprint density at radius 3 is 2.00 bits per heavy atom. The monoisotopic (exact) mass is 287 g/mol. The maximum absolute atomic E-state index is 9.73. The maximum Gasteiger partial charge on any atom is 0.198 e. The van der Waals surface area contributed by atoms with Gasteiger partial charge in [0.25, 0.3) is 0 Å². The van der Waals surface area contributed by atoms with E-state index in [2.05, 4.69) is 4.98 Å². The van der Waals surface area contributed by atoms with E-state index in [-0.39, 0.29) is 18.9 Å². The lowest BCUT2D eigenvalue weighted by Crippen LogP contribution is -2.18. The minimum Gasteiger partial charge on any atom is -0.394 e. The molecule has 0 bridgehead atoms. The van der Waals surface area contributed by atoms with Gasteiger partial charge >= 0.3 is 0 Å². The molecule has 4 unspecified atom stereocenters. The number of rotatable bonds is 8. The van der Waals surface area contributed by atoms with Crippen LogP contribution in [0.15, 0.2) is 18.3 Å². The molecule has 0 aliphatic carbocycles. The maximum atomic E-state index is 9.73. The van der Waals surface area contributed by atoms with Crippen LogP contribution in [0.1, 0.15) is 37.7 Å². The lowest BCUT2D eigenvalue weighted by atomic mass is 10.2. The summed E-state index contributed by atoms with van der Waals surface area (Å²) in [5.74, 6) is 0. The predicted molar refractivity (Wildman–Crippen MR) is 69.4 cm³/mol. The highest BCUT2D eigenvalue weighted by molar-refractivity contribution is 5.15. The molecule has 7 nitrogen and oxygen atoms in total. The summed E-state index contributed by atoms with van der Waals surface area (Å²) in [6, 6.07) is 3.02. The minimum atomic E-state index is -1.25. The Morgan fingerprint density at radius 1 is 1.00 bits per heavy atom. The summed E-state index contributed by atoms with van der Waals surface area (Å²) in [5, 5.41) is 37.1. The van der Waals surface area contributed by atoms with Crippen molar-refractivity contribution in [2.45, 2.75) is 38.6 Å². The second-order valence-corrected chi connectivity index (χ2v) is 4.48. The quantitative estimate of drug-likeness (QED) is 0.492. The van der Waals surface area contributed by atoms with Gasteiger partial charge in [0.2, 0.25) is 0 Å². The van der Waals surface area contributed by atoms with E-state index >= 15 is 0 Å². The largest absolute Gasteiger partial charge is 0.394 e. The zero-order valence-electron chi connectivity index (χ0n) is 11.5. The zero-order valence-corrected chi connectivity index (χ0v) is 11.5. The summed E-state index contributed by atoms with van der Waals surface area (Å²) in [6.45, 7) is 2.83. The fourth-order valence-corrected chi connectivity index (χ4v) is 1.38. The van der Waals surface area contributed by atoms with E-state index in [0.29, 0.717) is 5.56 Å². The Balaban J connectivity index is 2.63. The van der Waals surface area contributed by atoms with Crippen LogP contribution in [0, 0.1) is 0 Å². The highest BCUT2D eigenvalue weighted by Gasteiger charge is 2.16. The predicted octanol–water partition coefficient (Wildman–Crippen LogP) is -0.142. The van der Waals surface area contributed by atoms with Gasteiger partial charge in [-0.3, -0.25) is 4.98 Å². The Kier molecular flexibility index (Phi) is 7.00. The van der Waals surface area contributed by atoms with Gasteiger partial charge in [0.05, 0.1) is 31.1 Å². The van der Waals surface area contributed by atoms with E-state index in [1.165, 1.54) is 18.3 Å². The molecule has 20 heavy (non-hydrogen) atoms. The van der Waals surface area contributed by atoms with Gasteiger partial charge in [0.1, 0.15) is 0 Å². The van der Waals surface area contributed by atoms with Crippen molar-refractivity contribution in [1.29, 1.82) is 0 Å². The molecule has 0 saturated carbocycles. The number of nitrogens with zero attached hydrogens (tertiary/aromatic N) is 1. The Morgan fingerprint density at radius 2 is 1.55 bits per heavy atom. The highest BCUT2D eigenvalue weighted by atomic mass is 16.6. The fraction of sp³-hybridized carbons (Fsp3) is 0.615. The molecule has 1 rings (SSSR count). The molecule has 0 aliphatic rings. The highest BCUT2D eigenvalue weighted by Crippen LogP contribution is 2.19. The van der Waals surface area contributed by atoms with Crippen LogP contribution >= 0.6 is 0 Å². The van der Waals surface area contributed by atoms with Gasteiger partial charge in [-0.2, -0.15) is 0 Å². The first-order valence-corrected chi connectivity index (χ1v) is 6.32. The standard InChI is InChI=1S/C13H21NO6/c1-8(6-15)19-12(17)10-3-4-11(14-5-10)13(18)20-9(2)7-16/h3-5,8-9,12-13,15-18H,6-7H2,1-2H3. The van der Waals surface area contributed by atoms with E-state index in [9.17, 15) is 10.2 Å². The molecule has 114 valence electrons. The van der Waals surface area contributed by atoms with Crippen LogP contribution in [-0.2, 0) is 9.47 Å². The first-order valence-electron chi connectivity index (χ1n) is 6.32. The minimum absolute atomic E-state index is 0.200. The van der Waals surface area contributed by atoms with Crippen LogP contribution in [0.25, 0.3) is 0 Å². The number of pyridine rings is 1. The summed E-state index contributed by atoms with van der Waals surface area (Å²) < 4.78 is 10.2. The van der Waals surface area contributed by atoms with Crippen LogP contribution in [0.4, 0.5) is 0 Å². The third kappa shape index (κ3) is 5.12. The molecule has 0 aliphatic heterocycles. The molecule has 0 aromatic carbocycles. The van der Waals surface area contributed by atoms with Crippen LogP contribution < -0.4 is 0 Å². The van der Waals surface area contributed by atoms with Crippen molar-refractivity contribution in [2.75, 3.05) is 13.2 Å². The lowest BCUT2D eigenvalue weighted by molar-refractivity contribution is -0.148. The smallest absolute Gasteiger partial charge is 0.198 e. The average Bonchev–Trinajstić information content (AvgIpc) is 2.46. The molecule has 0 spiro atoms. The van der Waals surface area contributed by atoms with E-state index in [1.54, 1.807) is 13.8 Å². The Labute approximate surface area is 117 Å². The van der Waals surface area contributed by atoms with Gasteiger partial charge in [-0.15, -0.1) is 0 Å². The Bertz CT molecular complexity index is 348. The number of hydrogen-bond donors (Lipinski definition) is 4. The number of ether oxygens (including phenoxy) is 2. The molecule has 4 atom stereocenters. The van der Waals surface area contributed by atoms with Crippen molar-refractivity contribution in [1.82, 2.24) is 4.98 Å². The van der Waals surface area contributed by atoms with Gasteiger partial charge in [0.15, 0.2) is 12.6 Å². The second-order valence-electron chi connectivity index (χ2n) is 4.48. The van der Waals surface area contributed by atoms with Gasteiger partial charge < -0.3 is 29.9 Å². The SMILES string of the molecule is CC(CO)OC(O)c1ccc(C(O)OC(C)CO)nc1.